The van der Waals surface area contributed by atoms with Crippen LogP contribution in [-0.4, -0.2) is 16.7 Å². The number of hydrogen-bond donors (Lipinski definition) is 2. The van der Waals surface area contributed by atoms with Crippen molar-refractivity contribution < 1.29 is 19.0 Å². The minimum Gasteiger partial charge on any atom is -0.508 e. The van der Waals surface area contributed by atoms with Crippen molar-refractivity contribution in [2.45, 2.75) is 40.0 Å². The lowest BCUT2D eigenvalue weighted by Gasteiger charge is -2.14. The Morgan fingerprint density at radius 1 is 1.15 bits per heavy atom. The van der Waals surface area contributed by atoms with E-state index in [2.05, 4.69) is 19.9 Å². The molecule has 0 saturated heterocycles. The Labute approximate surface area is 153 Å². The van der Waals surface area contributed by atoms with E-state index in [1.54, 1.807) is 12.1 Å². The monoisotopic (exact) mass is 372 g/mol. The number of furan rings is 1. The first-order chi connectivity index (χ1) is 12.1. The molecular formula is C21H25O4P. The number of benzene rings is 2. The van der Waals surface area contributed by atoms with Crippen LogP contribution < -0.4 is 5.50 Å². The fourth-order valence-electron chi connectivity index (χ4n) is 3.39. The maximum atomic E-state index is 11.9. The quantitative estimate of drug-likeness (QED) is 0.633. The van der Waals surface area contributed by atoms with Crippen LogP contribution in [0.5, 0.6) is 5.75 Å². The van der Waals surface area contributed by atoms with Gasteiger partial charge in [0.1, 0.15) is 11.3 Å². The molecule has 1 heterocycles. The SMILES string of the molecule is Cc1cc2oc(P(C)(=O)O)cc2c(C)c1Cc1ccc(O)c(C(C)C)c1. The summed E-state index contributed by atoms with van der Waals surface area (Å²) in [5, 5.41) is 10.9. The van der Waals surface area contributed by atoms with Crippen LogP contribution in [-0.2, 0) is 11.0 Å². The van der Waals surface area contributed by atoms with Crippen LogP contribution in [0, 0.1) is 13.8 Å². The summed E-state index contributed by atoms with van der Waals surface area (Å²) in [4.78, 5) is 9.80. The molecule has 0 radical (unpaired) electrons. The van der Waals surface area contributed by atoms with Crippen molar-refractivity contribution >= 4 is 23.8 Å². The molecule has 0 saturated carbocycles. The molecule has 5 heteroatoms. The molecular weight excluding hydrogens is 347 g/mol. The topological polar surface area (TPSA) is 70.7 Å². The Morgan fingerprint density at radius 2 is 1.85 bits per heavy atom. The van der Waals surface area contributed by atoms with Gasteiger partial charge in [0.25, 0.3) is 7.37 Å². The molecule has 0 bridgehead atoms. The van der Waals surface area contributed by atoms with Gasteiger partial charge in [0.05, 0.1) is 0 Å². The van der Waals surface area contributed by atoms with Gasteiger partial charge < -0.3 is 14.4 Å². The van der Waals surface area contributed by atoms with Crippen molar-refractivity contribution in [3.05, 3.63) is 58.1 Å². The lowest BCUT2D eigenvalue weighted by molar-refractivity contribution is 0.464. The van der Waals surface area contributed by atoms with Gasteiger partial charge in [-0.2, -0.15) is 0 Å². The molecule has 4 nitrogen and oxygen atoms in total. The summed E-state index contributed by atoms with van der Waals surface area (Å²) < 4.78 is 17.5. The zero-order chi connectivity index (χ0) is 19.2. The third-order valence-electron chi connectivity index (χ3n) is 4.93. The first-order valence-electron chi connectivity index (χ1n) is 8.73. The summed E-state index contributed by atoms with van der Waals surface area (Å²) in [5.74, 6) is 0.577. The van der Waals surface area contributed by atoms with Crippen molar-refractivity contribution in [1.29, 1.82) is 0 Å². The molecule has 0 aliphatic heterocycles. The van der Waals surface area contributed by atoms with Gasteiger partial charge in [0.2, 0.25) is 0 Å². The number of phenolic OH excluding ortho intramolecular Hbond substituents is 1. The van der Waals surface area contributed by atoms with Crippen molar-refractivity contribution in [3.8, 4) is 5.75 Å². The Bertz CT molecular complexity index is 1020. The molecule has 0 fully saturated rings. The maximum absolute atomic E-state index is 11.9. The molecule has 26 heavy (non-hydrogen) atoms. The predicted molar refractivity (Wildman–Crippen MR) is 106 cm³/mol. The predicted octanol–water partition coefficient (Wildman–Crippen LogP) is 4.99. The van der Waals surface area contributed by atoms with Gasteiger partial charge in [-0.25, -0.2) is 0 Å². The lowest BCUT2D eigenvalue weighted by atomic mass is 9.91. The Balaban J connectivity index is 2.08. The molecule has 1 aromatic heterocycles. The normalized spacial score (nSPS) is 14.1. The maximum Gasteiger partial charge on any atom is 0.260 e. The van der Waals surface area contributed by atoms with Gasteiger partial charge in [-0.05, 0) is 72.2 Å². The fraction of sp³-hybridized carbons (Fsp3) is 0.333. The standard InChI is InChI=1S/C21H25O4P/c1-12(2)16-9-15(6-7-19(16)22)10-17-13(3)8-20-18(14(17)4)11-21(25-20)26(5,23)24/h6-9,11-12,22H,10H2,1-5H3,(H,23,24). The average molecular weight is 372 g/mol. The summed E-state index contributed by atoms with van der Waals surface area (Å²) in [7, 11) is -3.42. The van der Waals surface area contributed by atoms with E-state index in [1.165, 1.54) is 12.2 Å². The first kappa shape index (κ1) is 18.8. The summed E-state index contributed by atoms with van der Waals surface area (Å²) in [5.41, 5.74) is 6.17. The minimum atomic E-state index is -3.42. The van der Waals surface area contributed by atoms with Gasteiger partial charge in [-0.1, -0.05) is 26.0 Å². The molecule has 0 aliphatic carbocycles. The molecule has 3 rings (SSSR count). The highest BCUT2D eigenvalue weighted by atomic mass is 31.2. The summed E-state index contributed by atoms with van der Waals surface area (Å²) in [6.45, 7) is 9.46. The number of phenols is 1. The molecule has 0 aliphatic rings. The summed E-state index contributed by atoms with van der Waals surface area (Å²) in [6, 6.07) is 9.37. The molecule has 2 N–H and O–H groups in total. The van der Waals surface area contributed by atoms with Gasteiger partial charge in [-0.15, -0.1) is 0 Å². The number of rotatable bonds is 4. The average Bonchev–Trinajstić information content (AvgIpc) is 2.97. The Hall–Kier alpha value is -2.03. The van der Waals surface area contributed by atoms with Crippen LogP contribution >= 0.6 is 7.37 Å². The molecule has 0 spiro atoms. The number of aryl methyl sites for hydroxylation is 2. The van der Waals surface area contributed by atoms with Crippen LogP contribution in [0.1, 0.15) is 47.6 Å². The van der Waals surface area contributed by atoms with Gasteiger partial charge in [-0.3, -0.25) is 4.57 Å². The smallest absolute Gasteiger partial charge is 0.260 e. The van der Waals surface area contributed by atoms with E-state index in [1.807, 2.05) is 26.0 Å². The van der Waals surface area contributed by atoms with Crippen LogP contribution in [0.3, 0.4) is 0 Å². The van der Waals surface area contributed by atoms with Crippen LogP contribution in [0.4, 0.5) is 0 Å². The zero-order valence-electron chi connectivity index (χ0n) is 15.8. The van der Waals surface area contributed by atoms with Crippen molar-refractivity contribution in [2.24, 2.45) is 0 Å². The van der Waals surface area contributed by atoms with Gasteiger partial charge in [0.15, 0.2) is 5.50 Å². The number of hydrogen-bond acceptors (Lipinski definition) is 3. The first-order valence-corrected chi connectivity index (χ1v) is 10.8. The van der Waals surface area contributed by atoms with Crippen LogP contribution in [0.25, 0.3) is 11.0 Å². The van der Waals surface area contributed by atoms with Crippen molar-refractivity contribution in [2.75, 3.05) is 6.66 Å². The van der Waals surface area contributed by atoms with E-state index in [-0.39, 0.29) is 11.4 Å². The lowest BCUT2D eigenvalue weighted by Crippen LogP contribution is -1.98. The molecule has 3 aromatic rings. The molecule has 138 valence electrons. The van der Waals surface area contributed by atoms with Gasteiger partial charge >= 0.3 is 0 Å². The Kier molecular flexibility index (Phi) is 4.76. The number of aromatic hydroxyl groups is 1. The molecule has 1 unspecified atom stereocenters. The second kappa shape index (κ2) is 6.61. The van der Waals surface area contributed by atoms with E-state index in [0.717, 1.165) is 34.1 Å². The molecule has 0 amide bonds. The van der Waals surface area contributed by atoms with Crippen LogP contribution in [0.15, 0.2) is 34.7 Å². The fourth-order valence-corrected chi connectivity index (χ4v) is 4.03. The van der Waals surface area contributed by atoms with Crippen molar-refractivity contribution in [1.82, 2.24) is 0 Å². The molecule has 2 aromatic carbocycles. The minimum absolute atomic E-state index is 0.138. The zero-order valence-corrected chi connectivity index (χ0v) is 16.7. The number of fused-ring (bicyclic) bond motifs is 1. The Morgan fingerprint density at radius 3 is 2.46 bits per heavy atom. The van der Waals surface area contributed by atoms with E-state index >= 15 is 0 Å². The van der Waals surface area contributed by atoms with Crippen molar-refractivity contribution in [3.63, 3.8) is 0 Å². The van der Waals surface area contributed by atoms with Gasteiger partial charge in [0, 0.05) is 12.1 Å². The van der Waals surface area contributed by atoms with E-state index in [9.17, 15) is 14.6 Å². The van der Waals surface area contributed by atoms with E-state index in [0.29, 0.717) is 11.3 Å². The summed E-state index contributed by atoms with van der Waals surface area (Å²) in [6.07, 6.45) is 0.733. The largest absolute Gasteiger partial charge is 0.508 e. The second-order valence-corrected chi connectivity index (χ2v) is 9.60. The third-order valence-corrected chi connectivity index (χ3v) is 5.97. The van der Waals surface area contributed by atoms with E-state index < -0.39 is 7.37 Å². The highest BCUT2D eigenvalue weighted by molar-refractivity contribution is 7.64. The van der Waals surface area contributed by atoms with E-state index in [4.69, 9.17) is 4.42 Å². The molecule has 1 atom stereocenters. The third kappa shape index (κ3) is 3.44. The summed E-state index contributed by atoms with van der Waals surface area (Å²) >= 11 is 0. The highest BCUT2D eigenvalue weighted by Gasteiger charge is 2.21. The highest BCUT2D eigenvalue weighted by Crippen LogP contribution is 2.38. The second-order valence-electron chi connectivity index (χ2n) is 7.40. The van der Waals surface area contributed by atoms with Crippen LogP contribution in [0.2, 0.25) is 0 Å².